The first-order valence-electron chi connectivity index (χ1n) is 10.9. The van der Waals surface area contributed by atoms with Gasteiger partial charge in [-0.05, 0) is 80.4 Å². The number of hydrogen-bond donors (Lipinski definition) is 2. The van der Waals surface area contributed by atoms with E-state index in [1.54, 1.807) is 6.07 Å². The number of carbonyl (C=O) groups is 1. The topological polar surface area (TPSA) is 68.8 Å². The molecule has 3 aromatic carbocycles. The fraction of sp³-hybridized carbons (Fsp3) is 0.269. The zero-order chi connectivity index (χ0) is 23.6. The molecule has 174 valence electrons. The number of carbonyl (C=O) groups excluding carboxylic acids is 1. The maximum absolute atomic E-state index is 12.3. The number of hydrogen-bond acceptors (Lipinski definition) is 5. The zero-order valence-corrected chi connectivity index (χ0v) is 19.9. The van der Waals surface area contributed by atoms with Gasteiger partial charge < -0.3 is 24.8 Å². The number of rotatable bonds is 11. The van der Waals surface area contributed by atoms with Gasteiger partial charge in [0.15, 0.2) is 18.1 Å². The Hall–Kier alpha value is -3.38. The lowest BCUT2D eigenvalue weighted by Crippen LogP contribution is -2.20. The lowest BCUT2D eigenvalue weighted by atomic mass is 10.2. The van der Waals surface area contributed by atoms with E-state index in [1.165, 1.54) is 0 Å². The van der Waals surface area contributed by atoms with Crippen molar-refractivity contribution < 1.29 is 19.0 Å². The molecular formula is C26H29ClN2O4. The van der Waals surface area contributed by atoms with Crippen molar-refractivity contribution >= 4 is 28.9 Å². The van der Waals surface area contributed by atoms with Gasteiger partial charge in [0.1, 0.15) is 5.75 Å². The molecule has 1 amide bonds. The Morgan fingerprint density at radius 3 is 2.36 bits per heavy atom. The summed E-state index contributed by atoms with van der Waals surface area (Å²) in [4.78, 5) is 12.3. The molecule has 0 saturated carbocycles. The van der Waals surface area contributed by atoms with E-state index in [9.17, 15) is 4.79 Å². The van der Waals surface area contributed by atoms with Crippen LogP contribution in [0.4, 0.5) is 11.4 Å². The molecule has 0 heterocycles. The van der Waals surface area contributed by atoms with E-state index in [1.807, 2.05) is 75.4 Å². The highest BCUT2D eigenvalue weighted by Crippen LogP contribution is 2.37. The van der Waals surface area contributed by atoms with E-state index in [0.29, 0.717) is 36.3 Å². The van der Waals surface area contributed by atoms with Gasteiger partial charge in [-0.1, -0.05) is 23.7 Å². The second kappa shape index (κ2) is 12.0. The predicted molar refractivity (Wildman–Crippen MR) is 133 cm³/mol. The largest absolute Gasteiger partial charge is 0.494 e. The molecule has 0 aliphatic heterocycles. The SMILES string of the molecule is CCOc1ccc(NCc2cc(Cl)c(OCC(=O)Nc3cccc(C)c3)c(OCC)c2)cc1. The van der Waals surface area contributed by atoms with Crippen LogP contribution in [0.5, 0.6) is 17.2 Å². The molecule has 0 unspecified atom stereocenters. The summed E-state index contributed by atoms with van der Waals surface area (Å²) in [5.74, 6) is 1.40. The minimum atomic E-state index is -0.277. The summed E-state index contributed by atoms with van der Waals surface area (Å²) in [6.45, 7) is 7.24. The molecule has 0 radical (unpaired) electrons. The number of amides is 1. The normalized spacial score (nSPS) is 10.4. The van der Waals surface area contributed by atoms with Gasteiger partial charge in [-0.25, -0.2) is 0 Å². The molecule has 2 N–H and O–H groups in total. The van der Waals surface area contributed by atoms with Crippen molar-refractivity contribution in [2.45, 2.75) is 27.3 Å². The number of aryl methyl sites for hydroxylation is 1. The van der Waals surface area contributed by atoms with Crippen LogP contribution in [0.25, 0.3) is 0 Å². The Morgan fingerprint density at radius 1 is 0.909 bits per heavy atom. The summed E-state index contributed by atoms with van der Waals surface area (Å²) in [5, 5.41) is 6.55. The van der Waals surface area contributed by atoms with Crippen molar-refractivity contribution in [1.29, 1.82) is 0 Å². The minimum absolute atomic E-state index is 0.183. The van der Waals surface area contributed by atoms with Crippen molar-refractivity contribution in [3.8, 4) is 17.2 Å². The van der Waals surface area contributed by atoms with Crippen LogP contribution in [0.1, 0.15) is 25.0 Å². The number of benzene rings is 3. The molecule has 0 fully saturated rings. The van der Waals surface area contributed by atoms with Crippen LogP contribution in [-0.2, 0) is 11.3 Å². The van der Waals surface area contributed by atoms with Gasteiger partial charge in [-0.2, -0.15) is 0 Å². The first kappa shape index (κ1) is 24.3. The van der Waals surface area contributed by atoms with Gasteiger partial charge in [0, 0.05) is 17.9 Å². The van der Waals surface area contributed by atoms with Crippen LogP contribution in [0.2, 0.25) is 5.02 Å². The quantitative estimate of drug-likeness (QED) is 0.357. The lowest BCUT2D eigenvalue weighted by Gasteiger charge is -2.16. The van der Waals surface area contributed by atoms with Crippen LogP contribution in [-0.4, -0.2) is 25.7 Å². The van der Waals surface area contributed by atoms with Gasteiger partial charge in [0.25, 0.3) is 5.91 Å². The second-order valence-electron chi connectivity index (χ2n) is 7.36. The maximum atomic E-state index is 12.3. The number of ether oxygens (including phenoxy) is 3. The average molecular weight is 469 g/mol. The van der Waals surface area contributed by atoms with Gasteiger partial charge in [-0.15, -0.1) is 0 Å². The predicted octanol–water partition coefficient (Wildman–Crippen LogP) is 6.08. The van der Waals surface area contributed by atoms with Crippen molar-refractivity contribution in [3.63, 3.8) is 0 Å². The van der Waals surface area contributed by atoms with E-state index in [-0.39, 0.29) is 12.5 Å². The molecule has 0 atom stereocenters. The minimum Gasteiger partial charge on any atom is -0.494 e. The number of nitrogens with one attached hydrogen (secondary N) is 2. The summed E-state index contributed by atoms with van der Waals surface area (Å²) < 4.78 is 16.9. The molecule has 7 heteroatoms. The van der Waals surface area contributed by atoms with E-state index >= 15 is 0 Å². The summed E-state index contributed by atoms with van der Waals surface area (Å²) in [7, 11) is 0. The zero-order valence-electron chi connectivity index (χ0n) is 19.1. The fourth-order valence-corrected chi connectivity index (χ4v) is 3.51. The molecule has 0 saturated heterocycles. The molecule has 0 spiro atoms. The molecule has 3 rings (SSSR count). The maximum Gasteiger partial charge on any atom is 0.262 e. The number of anilines is 2. The summed E-state index contributed by atoms with van der Waals surface area (Å²) in [6, 6.07) is 19.0. The summed E-state index contributed by atoms with van der Waals surface area (Å²) in [6.07, 6.45) is 0. The highest BCUT2D eigenvalue weighted by molar-refractivity contribution is 6.32. The Labute approximate surface area is 199 Å². The average Bonchev–Trinajstić information content (AvgIpc) is 2.78. The smallest absolute Gasteiger partial charge is 0.262 e. The molecule has 0 bridgehead atoms. The van der Waals surface area contributed by atoms with Gasteiger partial charge in [-0.3, -0.25) is 4.79 Å². The molecule has 0 aliphatic rings. The third-order valence-electron chi connectivity index (χ3n) is 4.68. The van der Waals surface area contributed by atoms with Crippen LogP contribution < -0.4 is 24.8 Å². The lowest BCUT2D eigenvalue weighted by molar-refractivity contribution is -0.118. The van der Waals surface area contributed by atoms with Gasteiger partial charge in [0.2, 0.25) is 0 Å². The summed E-state index contributed by atoms with van der Waals surface area (Å²) in [5.41, 5.74) is 3.66. The van der Waals surface area contributed by atoms with E-state index in [4.69, 9.17) is 25.8 Å². The fourth-order valence-electron chi connectivity index (χ4n) is 3.22. The molecule has 33 heavy (non-hydrogen) atoms. The molecule has 0 aromatic heterocycles. The Balaban J connectivity index is 1.64. The van der Waals surface area contributed by atoms with Crippen molar-refractivity contribution in [2.24, 2.45) is 0 Å². The Bertz CT molecular complexity index is 1070. The third-order valence-corrected chi connectivity index (χ3v) is 4.96. The molecule has 6 nitrogen and oxygen atoms in total. The monoisotopic (exact) mass is 468 g/mol. The van der Waals surface area contributed by atoms with Crippen molar-refractivity contribution in [3.05, 3.63) is 76.8 Å². The van der Waals surface area contributed by atoms with Crippen LogP contribution in [0.15, 0.2) is 60.7 Å². The van der Waals surface area contributed by atoms with E-state index < -0.39 is 0 Å². The Morgan fingerprint density at radius 2 is 1.67 bits per heavy atom. The number of halogens is 1. The Kier molecular flexibility index (Phi) is 8.84. The molecule has 3 aromatic rings. The van der Waals surface area contributed by atoms with E-state index in [2.05, 4.69) is 10.6 Å². The van der Waals surface area contributed by atoms with Gasteiger partial charge in [0.05, 0.1) is 18.2 Å². The van der Waals surface area contributed by atoms with Crippen LogP contribution in [0.3, 0.4) is 0 Å². The highest BCUT2D eigenvalue weighted by atomic mass is 35.5. The van der Waals surface area contributed by atoms with Crippen molar-refractivity contribution in [1.82, 2.24) is 0 Å². The first-order chi connectivity index (χ1) is 16.0. The first-order valence-corrected chi connectivity index (χ1v) is 11.3. The van der Waals surface area contributed by atoms with Gasteiger partial charge >= 0.3 is 0 Å². The molecular weight excluding hydrogens is 440 g/mol. The van der Waals surface area contributed by atoms with Crippen LogP contribution >= 0.6 is 11.6 Å². The third kappa shape index (κ3) is 7.32. The van der Waals surface area contributed by atoms with E-state index in [0.717, 1.165) is 28.3 Å². The van der Waals surface area contributed by atoms with Crippen LogP contribution in [0, 0.1) is 6.92 Å². The summed E-state index contributed by atoms with van der Waals surface area (Å²) >= 11 is 6.49. The highest BCUT2D eigenvalue weighted by Gasteiger charge is 2.15. The standard InChI is InChI=1S/C26H29ClN2O4/c1-4-31-22-11-9-20(10-12-22)28-16-19-14-23(27)26(24(15-19)32-5-2)33-17-25(30)29-21-8-6-7-18(3)13-21/h6-15,28H,4-5,16-17H2,1-3H3,(H,29,30). The molecule has 0 aliphatic carbocycles. The second-order valence-corrected chi connectivity index (χ2v) is 7.76. The van der Waals surface area contributed by atoms with Crippen molar-refractivity contribution in [2.75, 3.05) is 30.5 Å².